The van der Waals surface area contributed by atoms with Crippen LogP contribution in [0.3, 0.4) is 0 Å². The van der Waals surface area contributed by atoms with E-state index < -0.39 is 0 Å². The lowest BCUT2D eigenvalue weighted by Gasteiger charge is -2.24. The standard InChI is InChI=1S/C44H44N2/c1-35-27-41(23-25-43(35)33-45(29-37-15-7-3-8-16-37)30-38-17-9-4-10-18-38)42-24-26-44(36(2)28-42)34-46(31-39-19-11-5-12-20-39)32-40-21-13-6-14-22-40/h3-28H,29-34H2,1-2H3. The zero-order valence-electron chi connectivity index (χ0n) is 27.1. The van der Waals surface area contributed by atoms with E-state index in [1.807, 2.05) is 0 Å². The first-order valence-electron chi connectivity index (χ1n) is 16.4. The van der Waals surface area contributed by atoms with Gasteiger partial charge < -0.3 is 0 Å². The van der Waals surface area contributed by atoms with Crippen molar-refractivity contribution in [1.82, 2.24) is 9.80 Å². The van der Waals surface area contributed by atoms with Gasteiger partial charge in [-0.3, -0.25) is 9.80 Å². The van der Waals surface area contributed by atoms with Crippen molar-refractivity contribution in [3.63, 3.8) is 0 Å². The van der Waals surface area contributed by atoms with Gasteiger partial charge >= 0.3 is 0 Å². The fourth-order valence-corrected chi connectivity index (χ4v) is 6.29. The average molecular weight is 601 g/mol. The van der Waals surface area contributed by atoms with E-state index in [2.05, 4.69) is 181 Å². The van der Waals surface area contributed by atoms with Crippen LogP contribution in [0.2, 0.25) is 0 Å². The third-order valence-electron chi connectivity index (χ3n) is 8.80. The van der Waals surface area contributed by atoms with Crippen LogP contribution in [0.15, 0.2) is 158 Å². The number of rotatable bonds is 13. The zero-order chi connectivity index (χ0) is 31.6. The van der Waals surface area contributed by atoms with Crippen molar-refractivity contribution in [2.75, 3.05) is 0 Å². The summed E-state index contributed by atoms with van der Waals surface area (Å²) in [5, 5.41) is 0. The van der Waals surface area contributed by atoms with Crippen LogP contribution in [0.1, 0.15) is 44.5 Å². The number of benzene rings is 6. The third kappa shape index (κ3) is 8.69. The van der Waals surface area contributed by atoms with E-state index >= 15 is 0 Å². The van der Waals surface area contributed by atoms with Gasteiger partial charge in [-0.05, 0) is 69.5 Å². The second kappa shape index (κ2) is 15.5. The fraction of sp³-hybridized carbons (Fsp3) is 0.182. The molecule has 0 amide bonds. The molecule has 6 rings (SSSR count). The van der Waals surface area contributed by atoms with Gasteiger partial charge in [0.1, 0.15) is 0 Å². The Hall–Kier alpha value is -4.76. The van der Waals surface area contributed by atoms with Gasteiger partial charge in [0.15, 0.2) is 0 Å². The molecule has 6 aromatic carbocycles. The highest BCUT2D eigenvalue weighted by molar-refractivity contribution is 5.66. The van der Waals surface area contributed by atoms with E-state index in [0.29, 0.717) is 0 Å². The first-order chi connectivity index (χ1) is 22.6. The Morgan fingerprint density at radius 2 is 0.609 bits per heavy atom. The molecule has 46 heavy (non-hydrogen) atoms. The van der Waals surface area contributed by atoms with Crippen molar-refractivity contribution in [2.24, 2.45) is 0 Å². The summed E-state index contributed by atoms with van der Waals surface area (Å²) in [4.78, 5) is 5.09. The predicted octanol–water partition coefficient (Wildman–Crippen LogP) is 10.4. The Morgan fingerprint density at radius 3 is 0.870 bits per heavy atom. The van der Waals surface area contributed by atoms with Crippen LogP contribution in [0, 0.1) is 13.8 Å². The van der Waals surface area contributed by atoms with Crippen LogP contribution in [0.25, 0.3) is 11.1 Å². The smallest absolute Gasteiger partial charge is 0.0243 e. The molecule has 2 heteroatoms. The monoisotopic (exact) mass is 600 g/mol. The molecule has 0 N–H and O–H groups in total. The van der Waals surface area contributed by atoms with Crippen LogP contribution in [0.4, 0.5) is 0 Å². The third-order valence-corrected chi connectivity index (χ3v) is 8.80. The molecular formula is C44H44N2. The Morgan fingerprint density at radius 1 is 0.326 bits per heavy atom. The molecule has 0 fully saturated rings. The van der Waals surface area contributed by atoms with Gasteiger partial charge in [-0.2, -0.15) is 0 Å². The highest BCUT2D eigenvalue weighted by Gasteiger charge is 2.13. The SMILES string of the molecule is Cc1cc(-c2ccc(CN(Cc3ccccc3)Cc3ccccc3)c(C)c2)ccc1CN(Cc1ccccc1)Cc1ccccc1. The van der Waals surface area contributed by atoms with Crippen LogP contribution in [-0.4, -0.2) is 9.80 Å². The summed E-state index contributed by atoms with van der Waals surface area (Å²) >= 11 is 0. The molecule has 0 unspecified atom stereocenters. The summed E-state index contributed by atoms with van der Waals surface area (Å²) in [6.07, 6.45) is 0. The van der Waals surface area contributed by atoms with Crippen LogP contribution >= 0.6 is 0 Å². The van der Waals surface area contributed by atoms with E-state index in [1.165, 1.54) is 55.6 Å². The molecule has 0 saturated heterocycles. The molecule has 0 saturated carbocycles. The second-order valence-corrected chi connectivity index (χ2v) is 12.5. The number of nitrogens with zero attached hydrogens (tertiary/aromatic N) is 2. The summed E-state index contributed by atoms with van der Waals surface area (Å²) in [5.41, 5.74) is 13.3. The van der Waals surface area contributed by atoms with Crippen molar-refractivity contribution in [3.8, 4) is 11.1 Å². The second-order valence-electron chi connectivity index (χ2n) is 12.5. The molecule has 0 atom stereocenters. The van der Waals surface area contributed by atoms with Gasteiger partial charge in [-0.1, -0.05) is 158 Å². The predicted molar refractivity (Wildman–Crippen MR) is 193 cm³/mol. The highest BCUT2D eigenvalue weighted by Crippen LogP contribution is 2.27. The normalized spacial score (nSPS) is 11.3. The molecule has 6 aromatic rings. The minimum absolute atomic E-state index is 0.909. The Labute approximate surface area is 275 Å². The van der Waals surface area contributed by atoms with Gasteiger partial charge in [0.05, 0.1) is 0 Å². The maximum absolute atomic E-state index is 2.54. The maximum atomic E-state index is 2.54. The topological polar surface area (TPSA) is 6.48 Å². The summed E-state index contributed by atoms with van der Waals surface area (Å²) in [6, 6.07) is 57.2. The summed E-state index contributed by atoms with van der Waals surface area (Å²) in [6.45, 7) is 10.0. The molecule has 0 aliphatic carbocycles. The maximum Gasteiger partial charge on any atom is 0.0243 e. The van der Waals surface area contributed by atoms with Gasteiger partial charge in [-0.15, -0.1) is 0 Å². The molecule has 0 spiro atoms. The van der Waals surface area contributed by atoms with Gasteiger partial charge in [0, 0.05) is 39.3 Å². The zero-order valence-corrected chi connectivity index (χ0v) is 27.1. The Kier molecular flexibility index (Phi) is 10.5. The van der Waals surface area contributed by atoms with Crippen molar-refractivity contribution < 1.29 is 0 Å². The van der Waals surface area contributed by atoms with Crippen molar-refractivity contribution >= 4 is 0 Å². The first kappa shape index (κ1) is 31.2. The molecule has 0 radical (unpaired) electrons. The number of hydrogen-bond acceptors (Lipinski definition) is 2. The summed E-state index contributed by atoms with van der Waals surface area (Å²) in [7, 11) is 0. The molecule has 0 bridgehead atoms. The first-order valence-corrected chi connectivity index (χ1v) is 16.4. The van der Waals surface area contributed by atoms with Crippen molar-refractivity contribution in [1.29, 1.82) is 0 Å². The lowest BCUT2D eigenvalue weighted by molar-refractivity contribution is 0.247. The lowest BCUT2D eigenvalue weighted by Crippen LogP contribution is -2.23. The number of aryl methyl sites for hydroxylation is 2. The molecule has 0 heterocycles. The van der Waals surface area contributed by atoms with Crippen molar-refractivity contribution in [3.05, 3.63) is 202 Å². The van der Waals surface area contributed by atoms with Crippen molar-refractivity contribution in [2.45, 2.75) is 53.1 Å². The van der Waals surface area contributed by atoms with E-state index in [9.17, 15) is 0 Å². The Bertz CT molecular complexity index is 1580. The summed E-state index contributed by atoms with van der Waals surface area (Å²) in [5.74, 6) is 0. The highest BCUT2D eigenvalue weighted by atomic mass is 15.1. The Balaban J connectivity index is 1.18. The average Bonchev–Trinajstić information content (AvgIpc) is 3.08. The molecular weight excluding hydrogens is 556 g/mol. The number of hydrogen-bond donors (Lipinski definition) is 0. The van der Waals surface area contributed by atoms with Gasteiger partial charge in [0.25, 0.3) is 0 Å². The van der Waals surface area contributed by atoms with E-state index in [1.54, 1.807) is 0 Å². The molecule has 230 valence electrons. The minimum atomic E-state index is 0.909. The molecule has 0 aromatic heterocycles. The lowest BCUT2D eigenvalue weighted by atomic mass is 9.96. The molecule has 0 aliphatic heterocycles. The van der Waals surface area contributed by atoms with Crippen LogP contribution in [-0.2, 0) is 39.3 Å². The van der Waals surface area contributed by atoms with Crippen LogP contribution < -0.4 is 0 Å². The van der Waals surface area contributed by atoms with E-state index in [-0.39, 0.29) is 0 Å². The fourth-order valence-electron chi connectivity index (χ4n) is 6.29. The molecule has 2 nitrogen and oxygen atoms in total. The van der Waals surface area contributed by atoms with Gasteiger partial charge in [-0.25, -0.2) is 0 Å². The quantitative estimate of drug-likeness (QED) is 0.130. The molecule has 0 aliphatic rings. The van der Waals surface area contributed by atoms with Gasteiger partial charge in [0.2, 0.25) is 0 Å². The largest absolute Gasteiger partial charge is 0.291 e. The summed E-state index contributed by atoms with van der Waals surface area (Å²) < 4.78 is 0. The van der Waals surface area contributed by atoms with E-state index in [0.717, 1.165) is 39.3 Å². The van der Waals surface area contributed by atoms with Crippen LogP contribution in [0.5, 0.6) is 0 Å². The minimum Gasteiger partial charge on any atom is -0.291 e. The van der Waals surface area contributed by atoms with E-state index in [4.69, 9.17) is 0 Å².